The summed E-state index contributed by atoms with van der Waals surface area (Å²) in [5, 5.41) is 0. The van der Waals surface area contributed by atoms with E-state index in [1.165, 1.54) is 39.2 Å². The van der Waals surface area contributed by atoms with Crippen molar-refractivity contribution in [3.05, 3.63) is 24.8 Å². The fraction of sp³-hybridized carbons (Fsp3) is 0.760. The highest BCUT2D eigenvalue weighted by atomic mass is 16.5. The van der Waals surface area contributed by atoms with E-state index in [1.54, 1.807) is 0 Å². The lowest BCUT2D eigenvalue weighted by Crippen LogP contribution is -2.53. The molecule has 154 valence electrons. The number of esters is 1. The summed E-state index contributed by atoms with van der Waals surface area (Å²) in [7, 11) is 1.52. The first-order chi connectivity index (χ1) is 13.3. The van der Waals surface area contributed by atoms with E-state index in [0.717, 1.165) is 25.2 Å². The van der Waals surface area contributed by atoms with Gasteiger partial charge in [0.15, 0.2) is 5.78 Å². The Morgan fingerprint density at radius 3 is 2.75 bits per heavy atom. The number of hydrogen-bond acceptors (Lipinski definition) is 3. The van der Waals surface area contributed by atoms with Crippen molar-refractivity contribution in [3.8, 4) is 0 Å². The molecule has 3 fully saturated rings. The number of hydrogen-bond donors (Lipinski definition) is 0. The average Bonchev–Trinajstić information content (AvgIpc) is 3.03. The van der Waals surface area contributed by atoms with Crippen molar-refractivity contribution in [1.82, 2.24) is 0 Å². The molecule has 3 saturated carbocycles. The smallest absolute Gasteiger partial charge is 0.309 e. The van der Waals surface area contributed by atoms with Crippen molar-refractivity contribution in [2.45, 2.75) is 65.2 Å². The van der Waals surface area contributed by atoms with Crippen LogP contribution < -0.4 is 0 Å². The van der Waals surface area contributed by atoms with Crippen LogP contribution in [0.15, 0.2) is 24.8 Å². The highest BCUT2D eigenvalue weighted by Gasteiger charge is 2.60. The SMILES string of the molecule is C=CC[C@@H](C(=O)OC)[C@H]1CC[C@H]2[C@@H]3CC[C@H]4CC(=O)C=C[C@]4(C)[C@H]3CC[C@]12C. The summed E-state index contributed by atoms with van der Waals surface area (Å²) in [6.45, 7) is 8.77. The number of fused-ring (bicyclic) bond motifs is 5. The number of ether oxygens (including phenoxy) is 1. The molecule has 0 saturated heterocycles. The normalized spacial score (nSPS) is 45.5. The molecule has 0 aliphatic heterocycles. The number of allylic oxidation sites excluding steroid dienone is 3. The van der Waals surface area contributed by atoms with Crippen LogP contribution >= 0.6 is 0 Å². The van der Waals surface area contributed by atoms with Crippen LogP contribution in [0.25, 0.3) is 0 Å². The van der Waals surface area contributed by atoms with Crippen LogP contribution in [0.1, 0.15) is 65.2 Å². The topological polar surface area (TPSA) is 43.4 Å². The molecule has 0 unspecified atom stereocenters. The zero-order valence-electron chi connectivity index (χ0n) is 17.8. The van der Waals surface area contributed by atoms with Crippen LogP contribution in [0.5, 0.6) is 0 Å². The molecule has 8 atom stereocenters. The van der Waals surface area contributed by atoms with Gasteiger partial charge in [0, 0.05) is 6.42 Å². The number of rotatable bonds is 4. The summed E-state index contributed by atoms with van der Waals surface area (Å²) in [5.74, 6) is 3.24. The first-order valence-electron chi connectivity index (χ1n) is 11.3. The fourth-order valence-electron chi connectivity index (χ4n) is 8.09. The second-order valence-corrected chi connectivity index (χ2v) is 10.4. The van der Waals surface area contributed by atoms with Gasteiger partial charge < -0.3 is 4.74 Å². The Bertz CT molecular complexity index is 694. The summed E-state index contributed by atoms with van der Waals surface area (Å²) in [6.07, 6.45) is 14.7. The van der Waals surface area contributed by atoms with Crippen LogP contribution in [0, 0.1) is 46.3 Å². The summed E-state index contributed by atoms with van der Waals surface area (Å²) < 4.78 is 5.18. The van der Waals surface area contributed by atoms with Crippen molar-refractivity contribution >= 4 is 11.8 Å². The number of ketones is 1. The molecular weight excluding hydrogens is 348 g/mol. The maximum atomic E-state index is 12.5. The van der Waals surface area contributed by atoms with Gasteiger partial charge >= 0.3 is 5.97 Å². The van der Waals surface area contributed by atoms with Gasteiger partial charge in [0.05, 0.1) is 13.0 Å². The van der Waals surface area contributed by atoms with E-state index in [9.17, 15) is 9.59 Å². The monoisotopic (exact) mass is 384 g/mol. The molecule has 0 aromatic heterocycles. The van der Waals surface area contributed by atoms with E-state index < -0.39 is 0 Å². The summed E-state index contributed by atoms with van der Waals surface area (Å²) in [5.41, 5.74) is 0.402. The molecule has 4 rings (SSSR count). The average molecular weight is 385 g/mol. The minimum Gasteiger partial charge on any atom is -0.469 e. The lowest BCUT2D eigenvalue weighted by Gasteiger charge is -2.59. The van der Waals surface area contributed by atoms with Crippen molar-refractivity contribution < 1.29 is 14.3 Å². The molecule has 3 nitrogen and oxygen atoms in total. The molecule has 28 heavy (non-hydrogen) atoms. The summed E-state index contributed by atoms with van der Waals surface area (Å²) in [6, 6.07) is 0. The zero-order chi connectivity index (χ0) is 20.1. The molecule has 0 N–H and O–H groups in total. The van der Waals surface area contributed by atoms with Gasteiger partial charge in [0.1, 0.15) is 0 Å². The fourth-order valence-corrected chi connectivity index (χ4v) is 8.09. The third kappa shape index (κ3) is 2.83. The Labute approximate surface area is 170 Å². The lowest BCUT2D eigenvalue weighted by molar-refractivity contribution is -0.151. The molecule has 0 bridgehead atoms. The quantitative estimate of drug-likeness (QED) is 0.484. The van der Waals surface area contributed by atoms with Crippen LogP contribution in [-0.2, 0) is 14.3 Å². The van der Waals surface area contributed by atoms with E-state index in [1.807, 2.05) is 12.2 Å². The first kappa shape index (κ1) is 19.9. The molecule has 4 aliphatic carbocycles. The number of methoxy groups -OCH3 is 1. The summed E-state index contributed by atoms with van der Waals surface area (Å²) in [4.78, 5) is 24.5. The molecule has 4 aliphatic rings. The highest BCUT2D eigenvalue weighted by molar-refractivity contribution is 5.91. The molecule has 0 heterocycles. The Hall–Kier alpha value is -1.38. The molecule has 0 aromatic rings. The van der Waals surface area contributed by atoms with E-state index in [4.69, 9.17) is 4.74 Å². The summed E-state index contributed by atoms with van der Waals surface area (Å²) >= 11 is 0. The molecular formula is C25H36O3. The van der Waals surface area contributed by atoms with Crippen molar-refractivity contribution in [2.75, 3.05) is 7.11 Å². The second kappa shape index (κ2) is 7.15. The molecule has 0 spiro atoms. The highest BCUT2D eigenvalue weighted by Crippen LogP contribution is 2.67. The van der Waals surface area contributed by atoms with E-state index in [0.29, 0.717) is 29.5 Å². The van der Waals surface area contributed by atoms with Crippen molar-refractivity contribution in [2.24, 2.45) is 46.3 Å². The molecule has 3 heteroatoms. The van der Waals surface area contributed by atoms with E-state index in [2.05, 4.69) is 26.5 Å². The standard InChI is InChI=1S/C25H36O3/c1-5-6-19(23(27)28-4)21-10-9-20-18-8-7-16-15-17(26)11-13-24(16,2)22(18)12-14-25(20,21)3/h5,11,13,16,18-22H,1,6-10,12,14-15H2,2-4H3/t16-,18-,19+,20-,21+,22-,24-,25-/m0/s1. The van der Waals surface area contributed by atoms with Crippen LogP contribution in [0.4, 0.5) is 0 Å². The molecule has 0 aromatic carbocycles. The Morgan fingerprint density at radius 2 is 2.04 bits per heavy atom. The Balaban J connectivity index is 1.61. The van der Waals surface area contributed by atoms with Gasteiger partial charge in [-0.2, -0.15) is 0 Å². The second-order valence-electron chi connectivity index (χ2n) is 10.4. The third-order valence-corrected chi connectivity index (χ3v) is 9.52. The Kier molecular flexibility index (Phi) is 5.08. The van der Waals surface area contributed by atoms with Gasteiger partial charge in [0.25, 0.3) is 0 Å². The first-order valence-corrected chi connectivity index (χ1v) is 11.3. The lowest BCUT2D eigenvalue weighted by atomic mass is 9.45. The maximum Gasteiger partial charge on any atom is 0.309 e. The van der Waals surface area contributed by atoms with Crippen molar-refractivity contribution in [1.29, 1.82) is 0 Å². The Morgan fingerprint density at radius 1 is 1.25 bits per heavy atom. The maximum absolute atomic E-state index is 12.5. The molecule has 0 radical (unpaired) electrons. The van der Waals surface area contributed by atoms with Crippen LogP contribution in [-0.4, -0.2) is 18.9 Å². The van der Waals surface area contributed by atoms with Gasteiger partial charge in [-0.3, -0.25) is 9.59 Å². The number of carbonyl (C=O) groups is 2. The predicted molar refractivity (Wildman–Crippen MR) is 110 cm³/mol. The van der Waals surface area contributed by atoms with Crippen LogP contribution in [0.2, 0.25) is 0 Å². The van der Waals surface area contributed by atoms with Crippen LogP contribution in [0.3, 0.4) is 0 Å². The van der Waals surface area contributed by atoms with Gasteiger partial charge in [0.2, 0.25) is 0 Å². The zero-order valence-corrected chi connectivity index (χ0v) is 17.8. The minimum atomic E-state index is -0.0571. The third-order valence-electron chi connectivity index (χ3n) is 9.52. The van der Waals surface area contributed by atoms with Gasteiger partial charge in [-0.1, -0.05) is 26.0 Å². The van der Waals surface area contributed by atoms with Crippen molar-refractivity contribution in [3.63, 3.8) is 0 Å². The van der Waals surface area contributed by atoms with Gasteiger partial charge in [-0.25, -0.2) is 0 Å². The largest absolute Gasteiger partial charge is 0.469 e. The van der Waals surface area contributed by atoms with E-state index >= 15 is 0 Å². The van der Waals surface area contributed by atoms with Gasteiger partial charge in [-0.15, -0.1) is 6.58 Å². The number of carbonyl (C=O) groups excluding carboxylic acids is 2. The van der Waals surface area contributed by atoms with E-state index in [-0.39, 0.29) is 22.7 Å². The molecule has 0 amide bonds. The minimum absolute atomic E-state index is 0.0480. The predicted octanol–water partition coefficient (Wildman–Crippen LogP) is 5.36. The van der Waals surface area contributed by atoms with Gasteiger partial charge in [-0.05, 0) is 91.4 Å².